The molecule has 1 aliphatic heterocycles. The molecule has 0 spiro atoms. The van der Waals surface area contributed by atoms with Crippen molar-refractivity contribution in [3.05, 3.63) is 75.5 Å². The topological polar surface area (TPSA) is 145 Å². The van der Waals surface area contributed by atoms with Gasteiger partial charge in [0.2, 0.25) is 18.7 Å². The summed E-state index contributed by atoms with van der Waals surface area (Å²) in [6, 6.07) is 11.4. The van der Waals surface area contributed by atoms with Gasteiger partial charge in [-0.3, -0.25) is 24.0 Å². The highest BCUT2D eigenvalue weighted by Crippen LogP contribution is 2.20. The summed E-state index contributed by atoms with van der Waals surface area (Å²) in [6.45, 7) is 1.88. The zero-order valence-corrected chi connectivity index (χ0v) is 22.4. The molecule has 1 saturated heterocycles. The summed E-state index contributed by atoms with van der Waals surface area (Å²) in [5.74, 6) is -1.39. The summed E-state index contributed by atoms with van der Waals surface area (Å²) in [5.41, 5.74) is 0.880. The molecule has 2 N–H and O–H groups in total. The normalized spacial score (nSPS) is 13.2. The maximum Gasteiger partial charge on any atom is 0.272 e. The molecule has 1 aliphatic rings. The van der Waals surface area contributed by atoms with E-state index in [1.54, 1.807) is 35.2 Å². The van der Waals surface area contributed by atoms with Gasteiger partial charge >= 0.3 is 0 Å². The second-order valence-electron chi connectivity index (χ2n) is 9.47. The summed E-state index contributed by atoms with van der Waals surface area (Å²) in [4.78, 5) is 64.0. The van der Waals surface area contributed by atoms with Gasteiger partial charge in [0, 0.05) is 51.1 Å². The van der Waals surface area contributed by atoms with Gasteiger partial charge in [0.25, 0.3) is 11.5 Å². The van der Waals surface area contributed by atoms with E-state index in [9.17, 15) is 28.4 Å². The standard InChI is InChI=1S/C28H31FN6O6/c29-24-6-5-20(16-25-21-3-1-2-4-22(21)27(39)32-31-25)15-23(24)28(40)35-10-8-34(9-11-35)26(38)17-33(19-37)12-14-41-13-7-30-18-36/h1-6,15,18-19H,7-14,16-17H2,(H,30,36)(H,32,39). The van der Waals surface area contributed by atoms with Crippen LogP contribution >= 0.6 is 0 Å². The van der Waals surface area contributed by atoms with E-state index in [0.29, 0.717) is 48.0 Å². The summed E-state index contributed by atoms with van der Waals surface area (Å²) in [7, 11) is 0. The number of aromatic nitrogens is 2. The number of amides is 4. The first-order chi connectivity index (χ1) is 19.9. The van der Waals surface area contributed by atoms with Crippen LogP contribution in [0, 0.1) is 5.82 Å². The molecule has 0 unspecified atom stereocenters. The van der Waals surface area contributed by atoms with Gasteiger partial charge in [-0.1, -0.05) is 24.3 Å². The highest BCUT2D eigenvalue weighted by atomic mass is 19.1. The summed E-state index contributed by atoms with van der Waals surface area (Å²) in [6.07, 6.45) is 1.43. The number of hydrogen-bond acceptors (Lipinski definition) is 7. The number of piperazine rings is 1. The zero-order chi connectivity index (χ0) is 29.2. The molecule has 2 aromatic carbocycles. The average molecular weight is 567 g/mol. The van der Waals surface area contributed by atoms with Crippen LogP contribution in [0.3, 0.4) is 0 Å². The number of nitrogens with one attached hydrogen (secondary N) is 2. The number of rotatable bonds is 13. The molecule has 1 fully saturated rings. The van der Waals surface area contributed by atoms with Crippen LogP contribution in [0.15, 0.2) is 47.3 Å². The smallest absolute Gasteiger partial charge is 0.272 e. The Labute approximate surface area is 235 Å². The van der Waals surface area contributed by atoms with Gasteiger partial charge in [0.1, 0.15) is 5.82 Å². The minimum absolute atomic E-state index is 0.0773. The maximum atomic E-state index is 14.8. The molecule has 4 amide bonds. The molecule has 0 atom stereocenters. The van der Waals surface area contributed by atoms with E-state index in [1.165, 1.54) is 21.9 Å². The van der Waals surface area contributed by atoms with Gasteiger partial charge in [-0.2, -0.15) is 5.10 Å². The lowest BCUT2D eigenvalue weighted by Gasteiger charge is -2.35. The number of benzene rings is 2. The van der Waals surface area contributed by atoms with Crippen molar-refractivity contribution >= 4 is 35.4 Å². The zero-order valence-electron chi connectivity index (χ0n) is 22.4. The van der Waals surface area contributed by atoms with E-state index in [2.05, 4.69) is 15.5 Å². The van der Waals surface area contributed by atoms with Crippen molar-refractivity contribution < 1.29 is 28.3 Å². The highest BCUT2D eigenvalue weighted by Gasteiger charge is 2.27. The second-order valence-corrected chi connectivity index (χ2v) is 9.47. The fourth-order valence-corrected chi connectivity index (χ4v) is 4.59. The minimum Gasteiger partial charge on any atom is -0.378 e. The van der Waals surface area contributed by atoms with E-state index < -0.39 is 11.7 Å². The predicted molar refractivity (Wildman–Crippen MR) is 147 cm³/mol. The Balaban J connectivity index is 1.33. The molecule has 41 heavy (non-hydrogen) atoms. The van der Waals surface area contributed by atoms with Crippen LogP contribution in [-0.2, 0) is 25.5 Å². The Morgan fingerprint density at radius 2 is 1.78 bits per heavy atom. The minimum atomic E-state index is -0.651. The van der Waals surface area contributed by atoms with Crippen LogP contribution in [0.25, 0.3) is 10.8 Å². The molecular formula is C28H31FN6O6. The summed E-state index contributed by atoms with van der Waals surface area (Å²) >= 11 is 0. The van der Waals surface area contributed by atoms with Crippen molar-refractivity contribution in [2.45, 2.75) is 6.42 Å². The number of aromatic amines is 1. The van der Waals surface area contributed by atoms with Crippen LogP contribution in [0.5, 0.6) is 0 Å². The van der Waals surface area contributed by atoms with Crippen molar-refractivity contribution in [3.8, 4) is 0 Å². The van der Waals surface area contributed by atoms with Crippen LogP contribution in [0.1, 0.15) is 21.6 Å². The number of carbonyl (C=O) groups is 4. The highest BCUT2D eigenvalue weighted by molar-refractivity contribution is 5.95. The fourth-order valence-electron chi connectivity index (χ4n) is 4.59. The molecular weight excluding hydrogens is 535 g/mol. The number of halogens is 1. The van der Waals surface area contributed by atoms with E-state index in [4.69, 9.17) is 4.74 Å². The SMILES string of the molecule is O=CNCCOCCN(C=O)CC(=O)N1CCN(C(=O)c2cc(Cc3n[nH]c(=O)c4ccccc34)ccc2F)CC1. The van der Waals surface area contributed by atoms with Crippen molar-refractivity contribution in [1.29, 1.82) is 0 Å². The molecule has 0 aliphatic carbocycles. The molecule has 0 saturated carbocycles. The van der Waals surface area contributed by atoms with Crippen molar-refractivity contribution in [3.63, 3.8) is 0 Å². The van der Waals surface area contributed by atoms with Gasteiger partial charge < -0.3 is 24.8 Å². The third kappa shape index (κ3) is 7.51. The number of H-pyrrole nitrogens is 1. The summed E-state index contributed by atoms with van der Waals surface area (Å²) < 4.78 is 20.1. The average Bonchev–Trinajstić information content (AvgIpc) is 3.00. The molecule has 12 nitrogen and oxygen atoms in total. The van der Waals surface area contributed by atoms with Crippen LogP contribution in [-0.4, -0.2) is 109 Å². The molecule has 1 aromatic heterocycles. The van der Waals surface area contributed by atoms with Gasteiger partial charge in [0.05, 0.1) is 36.4 Å². The van der Waals surface area contributed by atoms with Gasteiger partial charge in [0.15, 0.2) is 0 Å². The lowest BCUT2D eigenvalue weighted by Crippen LogP contribution is -2.52. The fraction of sp³-hybridized carbons (Fsp3) is 0.357. The number of fused-ring (bicyclic) bond motifs is 1. The third-order valence-corrected chi connectivity index (χ3v) is 6.81. The Hall–Kier alpha value is -4.65. The number of nitrogens with zero attached hydrogens (tertiary/aromatic N) is 4. The monoisotopic (exact) mass is 566 g/mol. The number of hydrogen-bond donors (Lipinski definition) is 2. The Morgan fingerprint density at radius 1 is 1.05 bits per heavy atom. The first-order valence-corrected chi connectivity index (χ1v) is 13.2. The van der Waals surface area contributed by atoms with E-state index in [-0.39, 0.29) is 69.3 Å². The molecule has 216 valence electrons. The van der Waals surface area contributed by atoms with Crippen LogP contribution in [0.4, 0.5) is 4.39 Å². The first-order valence-electron chi connectivity index (χ1n) is 13.2. The lowest BCUT2D eigenvalue weighted by molar-refractivity contribution is -0.137. The lowest BCUT2D eigenvalue weighted by atomic mass is 10.0. The number of ether oxygens (including phenoxy) is 1. The Morgan fingerprint density at radius 3 is 2.51 bits per heavy atom. The third-order valence-electron chi connectivity index (χ3n) is 6.81. The van der Waals surface area contributed by atoms with E-state index in [1.807, 2.05) is 0 Å². The van der Waals surface area contributed by atoms with Gasteiger partial charge in [-0.15, -0.1) is 0 Å². The van der Waals surface area contributed by atoms with E-state index in [0.717, 1.165) is 0 Å². The molecule has 0 radical (unpaired) electrons. The Bertz CT molecular complexity index is 1460. The van der Waals surface area contributed by atoms with Crippen LogP contribution < -0.4 is 10.9 Å². The van der Waals surface area contributed by atoms with Crippen molar-refractivity contribution in [2.75, 3.05) is 59.0 Å². The predicted octanol–water partition coefficient (Wildman–Crippen LogP) is 0.158. The van der Waals surface area contributed by atoms with Crippen molar-refractivity contribution in [2.24, 2.45) is 0 Å². The summed E-state index contributed by atoms with van der Waals surface area (Å²) in [5, 5.41) is 10.3. The quantitative estimate of drug-likeness (QED) is 0.221. The van der Waals surface area contributed by atoms with Gasteiger partial charge in [-0.05, 0) is 23.8 Å². The molecule has 2 heterocycles. The van der Waals surface area contributed by atoms with Gasteiger partial charge in [-0.25, -0.2) is 9.49 Å². The largest absolute Gasteiger partial charge is 0.378 e. The number of carbonyl (C=O) groups excluding carboxylic acids is 4. The second kappa shape index (κ2) is 14.1. The molecule has 3 aromatic rings. The molecule has 4 rings (SSSR count). The molecule has 13 heteroatoms. The Kier molecular flexibility index (Phi) is 10.1. The van der Waals surface area contributed by atoms with Crippen LogP contribution in [0.2, 0.25) is 0 Å². The van der Waals surface area contributed by atoms with Crippen molar-refractivity contribution in [1.82, 2.24) is 30.2 Å². The van der Waals surface area contributed by atoms with E-state index >= 15 is 0 Å². The first kappa shape index (κ1) is 29.3. The maximum absolute atomic E-state index is 14.8. The molecule has 0 bridgehead atoms.